The average Bonchev–Trinajstić information content (AvgIpc) is 2.39. The Morgan fingerprint density at radius 3 is 2.44 bits per heavy atom. The molecule has 1 aromatic rings. The van der Waals surface area contributed by atoms with E-state index in [1.807, 2.05) is 35.2 Å². The van der Waals surface area contributed by atoms with E-state index < -0.39 is 0 Å². The summed E-state index contributed by atoms with van der Waals surface area (Å²) in [6.45, 7) is 1.44. The maximum Gasteiger partial charge on any atom is 0.253 e. The van der Waals surface area contributed by atoms with Crippen LogP contribution in [0.4, 0.5) is 0 Å². The van der Waals surface area contributed by atoms with Crippen LogP contribution in [0.1, 0.15) is 23.2 Å². The largest absolute Gasteiger partial charge is 0.338 e. The van der Waals surface area contributed by atoms with Crippen molar-refractivity contribution in [2.45, 2.75) is 18.9 Å². The summed E-state index contributed by atoms with van der Waals surface area (Å²) in [4.78, 5) is 18.7. The summed E-state index contributed by atoms with van der Waals surface area (Å²) < 4.78 is 0. The first kappa shape index (κ1) is 11.1. The summed E-state index contributed by atoms with van der Waals surface area (Å²) in [5.74, 6) is 5.23. The number of nitrogens with two attached hydrogens (primary N) is 1. The van der Waals surface area contributed by atoms with Crippen LogP contribution >= 0.6 is 0 Å². The monoisotopic (exact) mass is 220 g/mol. The number of likely N-dealkylation sites (tertiary alicyclic amines) is 1. The minimum absolute atomic E-state index is 0.0936. The van der Waals surface area contributed by atoms with Gasteiger partial charge in [-0.25, -0.2) is 5.90 Å². The lowest BCUT2D eigenvalue weighted by Gasteiger charge is -2.30. The van der Waals surface area contributed by atoms with Gasteiger partial charge in [-0.2, -0.15) is 0 Å². The van der Waals surface area contributed by atoms with Gasteiger partial charge in [-0.1, -0.05) is 18.2 Å². The normalized spacial score (nSPS) is 17.4. The van der Waals surface area contributed by atoms with Crippen molar-refractivity contribution in [3.05, 3.63) is 35.9 Å². The van der Waals surface area contributed by atoms with Crippen molar-refractivity contribution in [3.8, 4) is 0 Å². The van der Waals surface area contributed by atoms with E-state index in [4.69, 9.17) is 10.7 Å². The third kappa shape index (κ3) is 2.40. The Morgan fingerprint density at radius 1 is 1.25 bits per heavy atom. The quantitative estimate of drug-likeness (QED) is 0.761. The Hall–Kier alpha value is -1.39. The van der Waals surface area contributed by atoms with Crippen molar-refractivity contribution in [2.75, 3.05) is 13.1 Å². The molecule has 1 amide bonds. The summed E-state index contributed by atoms with van der Waals surface area (Å²) in [6, 6.07) is 9.35. The summed E-state index contributed by atoms with van der Waals surface area (Å²) >= 11 is 0. The lowest BCUT2D eigenvalue weighted by Crippen LogP contribution is -2.41. The zero-order valence-corrected chi connectivity index (χ0v) is 9.13. The zero-order chi connectivity index (χ0) is 11.4. The molecular formula is C12H16N2O2. The SMILES string of the molecule is NOC1CCN(C(=O)c2ccccc2)CC1. The Kier molecular flexibility index (Phi) is 3.54. The smallest absolute Gasteiger partial charge is 0.253 e. The Morgan fingerprint density at radius 2 is 1.88 bits per heavy atom. The van der Waals surface area contributed by atoms with Gasteiger partial charge in [0.15, 0.2) is 0 Å². The molecule has 1 fully saturated rings. The lowest BCUT2D eigenvalue weighted by molar-refractivity contribution is 0.00781. The lowest BCUT2D eigenvalue weighted by atomic mass is 10.1. The van der Waals surface area contributed by atoms with E-state index in [2.05, 4.69) is 0 Å². The number of amides is 1. The van der Waals surface area contributed by atoms with Crippen molar-refractivity contribution in [1.29, 1.82) is 0 Å². The van der Waals surface area contributed by atoms with Gasteiger partial charge in [0.05, 0.1) is 6.10 Å². The number of nitrogens with zero attached hydrogens (tertiary/aromatic N) is 1. The molecule has 0 atom stereocenters. The fraction of sp³-hybridized carbons (Fsp3) is 0.417. The molecule has 1 saturated heterocycles. The van der Waals surface area contributed by atoms with E-state index in [9.17, 15) is 4.79 Å². The number of rotatable bonds is 2. The minimum atomic E-state index is 0.0936. The molecular weight excluding hydrogens is 204 g/mol. The minimum Gasteiger partial charge on any atom is -0.338 e. The molecule has 0 aliphatic carbocycles. The van der Waals surface area contributed by atoms with Crippen LogP contribution in [0.25, 0.3) is 0 Å². The molecule has 0 unspecified atom stereocenters. The van der Waals surface area contributed by atoms with Crippen LogP contribution < -0.4 is 5.90 Å². The standard InChI is InChI=1S/C12H16N2O2/c13-16-11-6-8-14(9-7-11)12(15)10-4-2-1-3-5-10/h1-5,11H,6-9,13H2. The van der Waals surface area contributed by atoms with Gasteiger partial charge < -0.3 is 9.74 Å². The maximum atomic E-state index is 12.0. The Labute approximate surface area is 94.9 Å². The third-order valence-electron chi connectivity index (χ3n) is 2.94. The molecule has 1 aliphatic rings. The highest BCUT2D eigenvalue weighted by molar-refractivity contribution is 5.94. The molecule has 0 spiro atoms. The molecule has 1 heterocycles. The van der Waals surface area contributed by atoms with Crippen molar-refractivity contribution in [3.63, 3.8) is 0 Å². The maximum absolute atomic E-state index is 12.0. The molecule has 16 heavy (non-hydrogen) atoms. The third-order valence-corrected chi connectivity index (χ3v) is 2.94. The molecule has 4 heteroatoms. The highest BCUT2D eigenvalue weighted by Crippen LogP contribution is 2.14. The van der Waals surface area contributed by atoms with Gasteiger partial charge in [0.25, 0.3) is 5.91 Å². The van der Waals surface area contributed by atoms with Gasteiger partial charge >= 0.3 is 0 Å². The number of carbonyl (C=O) groups is 1. The number of benzene rings is 1. The number of hydrogen-bond acceptors (Lipinski definition) is 3. The molecule has 1 aliphatic heterocycles. The second-order valence-corrected chi connectivity index (χ2v) is 3.99. The molecule has 0 radical (unpaired) electrons. The van der Waals surface area contributed by atoms with Crippen LogP contribution in [0.5, 0.6) is 0 Å². The molecule has 1 aromatic carbocycles. The fourth-order valence-corrected chi connectivity index (χ4v) is 1.96. The predicted octanol–water partition coefficient (Wildman–Crippen LogP) is 1.18. The summed E-state index contributed by atoms with van der Waals surface area (Å²) in [6.07, 6.45) is 1.73. The zero-order valence-electron chi connectivity index (χ0n) is 9.13. The van der Waals surface area contributed by atoms with Crippen molar-refractivity contribution in [2.24, 2.45) is 5.90 Å². The molecule has 2 rings (SSSR count). The van der Waals surface area contributed by atoms with Crippen LogP contribution in [0.3, 0.4) is 0 Å². The average molecular weight is 220 g/mol. The Balaban J connectivity index is 1.97. The predicted molar refractivity (Wildman–Crippen MR) is 60.6 cm³/mol. The van der Waals surface area contributed by atoms with Gasteiger partial charge in [-0.15, -0.1) is 0 Å². The highest BCUT2D eigenvalue weighted by Gasteiger charge is 2.23. The molecule has 4 nitrogen and oxygen atoms in total. The number of hydrogen-bond donors (Lipinski definition) is 1. The summed E-state index contributed by atoms with van der Waals surface area (Å²) in [5, 5.41) is 0. The van der Waals surface area contributed by atoms with Crippen molar-refractivity contribution in [1.82, 2.24) is 4.90 Å². The molecule has 0 aromatic heterocycles. The van der Waals surface area contributed by atoms with Crippen LogP contribution in [-0.4, -0.2) is 30.0 Å². The van der Waals surface area contributed by atoms with Crippen LogP contribution in [0.2, 0.25) is 0 Å². The molecule has 2 N–H and O–H groups in total. The van der Waals surface area contributed by atoms with Crippen LogP contribution in [0.15, 0.2) is 30.3 Å². The van der Waals surface area contributed by atoms with E-state index in [0.717, 1.165) is 31.5 Å². The fourth-order valence-electron chi connectivity index (χ4n) is 1.96. The first-order chi connectivity index (χ1) is 7.81. The topological polar surface area (TPSA) is 55.6 Å². The van der Waals surface area contributed by atoms with Crippen LogP contribution in [-0.2, 0) is 4.84 Å². The van der Waals surface area contributed by atoms with E-state index in [0.29, 0.717) is 0 Å². The number of carbonyl (C=O) groups excluding carboxylic acids is 1. The van der Waals surface area contributed by atoms with E-state index in [1.54, 1.807) is 0 Å². The van der Waals surface area contributed by atoms with Crippen molar-refractivity contribution >= 4 is 5.91 Å². The summed E-state index contributed by atoms with van der Waals surface area (Å²) in [5.41, 5.74) is 0.745. The second kappa shape index (κ2) is 5.09. The molecule has 0 bridgehead atoms. The van der Waals surface area contributed by atoms with Gasteiger partial charge in [0.2, 0.25) is 0 Å². The van der Waals surface area contributed by atoms with Gasteiger partial charge in [-0.05, 0) is 25.0 Å². The second-order valence-electron chi connectivity index (χ2n) is 3.99. The Bertz CT molecular complexity index is 345. The number of piperidine rings is 1. The summed E-state index contributed by atoms with van der Waals surface area (Å²) in [7, 11) is 0. The molecule has 86 valence electrons. The van der Waals surface area contributed by atoms with Gasteiger partial charge in [0, 0.05) is 18.7 Å². The van der Waals surface area contributed by atoms with Gasteiger partial charge in [-0.3, -0.25) is 4.79 Å². The first-order valence-electron chi connectivity index (χ1n) is 5.51. The molecule has 0 saturated carbocycles. The highest BCUT2D eigenvalue weighted by atomic mass is 16.6. The van der Waals surface area contributed by atoms with Gasteiger partial charge in [0.1, 0.15) is 0 Å². The van der Waals surface area contributed by atoms with Crippen LogP contribution in [0, 0.1) is 0 Å². The van der Waals surface area contributed by atoms with Crippen molar-refractivity contribution < 1.29 is 9.63 Å². The first-order valence-corrected chi connectivity index (χ1v) is 5.51. The van der Waals surface area contributed by atoms with E-state index in [-0.39, 0.29) is 12.0 Å². The van der Waals surface area contributed by atoms with E-state index >= 15 is 0 Å². The van der Waals surface area contributed by atoms with E-state index in [1.165, 1.54) is 0 Å².